The first-order chi connectivity index (χ1) is 5.61. The summed E-state index contributed by atoms with van der Waals surface area (Å²) in [7, 11) is 0. The fraction of sp³-hybridized carbons (Fsp3) is 0.667. The molecule has 0 nitrogen and oxygen atoms in total. The molecule has 0 aliphatic heterocycles. The Balaban J connectivity index is 3.77. The highest BCUT2D eigenvalue weighted by molar-refractivity contribution is 4.96. The number of terminal acetylenes is 2. The third-order valence-electron chi connectivity index (χ3n) is 2.21. The first-order valence-electron chi connectivity index (χ1n) is 4.54. The van der Waals surface area contributed by atoms with Gasteiger partial charge in [0.2, 0.25) is 0 Å². The number of rotatable bonds is 4. The van der Waals surface area contributed by atoms with Gasteiger partial charge in [0.05, 0.1) is 0 Å². The minimum Gasteiger partial charge on any atom is -0.120 e. The summed E-state index contributed by atoms with van der Waals surface area (Å²) in [5, 5.41) is 0. The maximum atomic E-state index is 5.40. The first kappa shape index (κ1) is 11.1. The fourth-order valence-corrected chi connectivity index (χ4v) is 1.12. The van der Waals surface area contributed by atoms with Crippen molar-refractivity contribution in [1.82, 2.24) is 0 Å². The molecular weight excluding hydrogens is 144 g/mol. The van der Waals surface area contributed by atoms with Gasteiger partial charge in [-0.1, -0.05) is 20.8 Å². The van der Waals surface area contributed by atoms with Crippen molar-refractivity contribution < 1.29 is 0 Å². The molecule has 0 aliphatic carbocycles. The Morgan fingerprint density at radius 3 is 1.92 bits per heavy atom. The van der Waals surface area contributed by atoms with Crippen LogP contribution in [0.3, 0.4) is 0 Å². The van der Waals surface area contributed by atoms with E-state index in [1.807, 2.05) is 0 Å². The van der Waals surface area contributed by atoms with E-state index in [-0.39, 0.29) is 0 Å². The van der Waals surface area contributed by atoms with Crippen molar-refractivity contribution in [2.75, 3.05) is 0 Å². The highest BCUT2D eigenvalue weighted by Crippen LogP contribution is 2.18. The van der Waals surface area contributed by atoms with Gasteiger partial charge in [0.1, 0.15) is 0 Å². The monoisotopic (exact) mass is 162 g/mol. The van der Waals surface area contributed by atoms with Gasteiger partial charge in [-0.25, -0.2) is 0 Å². The summed E-state index contributed by atoms with van der Waals surface area (Å²) in [5.74, 6) is 6.85. The van der Waals surface area contributed by atoms with E-state index in [2.05, 4.69) is 32.6 Å². The average molecular weight is 162 g/mol. The summed E-state index contributed by atoms with van der Waals surface area (Å²) in [5.41, 5.74) is 0. The van der Waals surface area contributed by atoms with E-state index in [4.69, 9.17) is 12.8 Å². The smallest absolute Gasteiger partial charge is 0.0223 e. The third-order valence-corrected chi connectivity index (χ3v) is 2.21. The van der Waals surface area contributed by atoms with Crippen LogP contribution in [0.25, 0.3) is 0 Å². The molecular formula is C12H18. The molecule has 0 heterocycles. The van der Waals surface area contributed by atoms with Gasteiger partial charge < -0.3 is 0 Å². The lowest BCUT2D eigenvalue weighted by Gasteiger charge is -2.14. The normalized spacial score (nSPS) is 14.8. The molecule has 0 radical (unpaired) electrons. The van der Waals surface area contributed by atoms with Crippen molar-refractivity contribution in [3.63, 3.8) is 0 Å². The van der Waals surface area contributed by atoms with Gasteiger partial charge in [0.25, 0.3) is 0 Å². The van der Waals surface area contributed by atoms with E-state index in [1.165, 1.54) is 0 Å². The highest BCUT2D eigenvalue weighted by Gasteiger charge is 2.10. The Labute approximate surface area is 76.8 Å². The molecule has 2 atom stereocenters. The van der Waals surface area contributed by atoms with Crippen molar-refractivity contribution in [3.8, 4) is 24.7 Å². The van der Waals surface area contributed by atoms with Crippen LogP contribution in [0.4, 0.5) is 0 Å². The molecule has 66 valence electrons. The topological polar surface area (TPSA) is 0 Å². The van der Waals surface area contributed by atoms with Gasteiger partial charge in [0.15, 0.2) is 0 Å². The van der Waals surface area contributed by atoms with E-state index in [0.717, 1.165) is 12.8 Å². The number of hydrogen-bond donors (Lipinski definition) is 0. The van der Waals surface area contributed by atoms with Crippen LogP contribution in [0.5, 0.6) is 0 Å². The minimum absolute atomic E-state index is 0.361. The largest absolute Gasteiger partial charge is 0.120 e. The summed E-state index contributed by atoms with van der Waals surface area (Å²) < 4.78 is 0. The molecule has 0 rings (SSSR count). The van der Waals surface area contributed by atoms with Gasteiger partial charge in [-0.2, -0.15) is 0 Å². The molecule has 0 saturated heterocycles. The molecule has 0 N–H and O–H groups in total. The molecule has 0 bridgehead atoms. The molecule has 0 aliphatic rings. The van der Waals surface area contributed by atoms with Crippen molar-refractivity contribution in [1.29, 1.82) is 0 Å². The predicted octanol–water partition coefficient (Wildman–Crippen LogP) is 2.94. The zero-order valence-corrected chi connectivity index (χ0v) is 8.30. The van der Waals surface area contributed by atoms with Crippen LogP contribution in [-0.2, 0) is 0 Å². The lowest BCUT2D eigenvalue weighted by molar-refractivity contribution is 0.420. The molecule has 0 aromatic carbocycles. The van der Waals surface area contributed by atoms with Crippen LogP contribution in [0.1, 0.15) is 33.6 Å². The second-order valence-corrected chi connectivity index (χ2v) is 3.66. The minimum atomic E-state index is 0.361. The maximum Gasteiger partial charge on any atom is 0.0223 e. The van der Waals surface area contributed by atoms with Crippen molar-refractivity contribution in [3.05, 3.63) is 0 Å². The zero-order valence-electron chi connectivity index (χ0n) is 8.30. The van der Waals surface area contributed by atoms with E-state index >= 15 is 0 Å². The molecule has 0 saturated carbocycles. The SMILES string of the molecule is C#CC(C)CCC(C#C)C(C)C. The summed E-state index contributed by atoms with van der Waals surface area (Å²) in [6, 6.07) is 0. The maximum absolute atomic E-state index is 5.40. The summed E-state index contributed by atoms with van der Waals surface area (Å²) in [4.78, 5) is 0. The van der Waals surface area contributed by atoms with Crippen LogP contribution in [0.15, 0.2) is 0 Å². The van der Waals surface area contributed by atoms with Crippen molar-refractivity contribution >= 4 is 0 Å². The van der Waals surface area contributed by atoms with Crippen LogP contribution in [0.2, 0.25) is 0 Å². The fourth-order valence-electron chi connectivity index (χ4n) is 1.12. The molecule has 0 heteroatoms. The summed E-state index contributed by atoms with van der Waals surface area (Å²) in [6.45, 7) is 6.38. The zero-order chi connectivity index (χ0) is 9.56. The average Bonchev–Trinajstić information content (AvgIpc) is 2.04. The summed E-state index contributed by atoms with van der Waals surface area (Å²) in [6.07, 6.45) is 12.8. The number of hydrogen-bond acceptors (Lipinski definition) is 0. The van der Waals surface area contributed by atoms with Gasteiger partial charge in [-0.15, -0.1) is 24.7 Å². The van der Waals surface area contributed by atoms with Crippen LogP contribution in [-0.4, -0.2) is 0 Å². The lowest BCUT2D eigenvalue weighted by atomic mass is 9.89. The van der Waals surface area contributed by atoms with Crippen LogP contribution >= 0.6 is 0 Å². The molecule has 0 spiro atoms. The van der Waals surface area contributed by atoms with Crippen molar-refractivity contribution in [2.24, 2.45) is 17.8 Å². The van der Waals surface area contributed by atoms with E-state index in [0.29, 0.717) is 17.8 Å². The van der Waals surface area contributed by atoms with E-state index in [1.54, 1.807) is 0 Å². The Morgan fingerprint density at radius 2 is 1.58 bits per heavy atom. The predicted molar refractivity (Wildman–Crippen MR) is 54.4 cm³/mol. The van der Waals surface area contributed by atoms with Crippen LogP contribution in [0, 0.1) is 42.4 Å². The quantitative estimate of drug-likeness (QED) is 0.557. The molecule has 0 fully saturated rings. The Bertz CT molecular complexity index is 187. The second kappa shape index (κ2) is 5.73. The van der Waals surface area contributed by atoms with Crippen molar-refractivity contribution in [2.45, 2.75) is 33.6 Å². The Kier molecular flexibility index (Phi) is 5.31. The van der Waals surface area contributed by atoms with Gasteiger partial charge in [-0.3, -0.25) is 0 Å². The molecule has 0 aromatic rings. The standard InChI is InChI=1S/C12H18/c1-6-11(5)8-9-12(7-2)10(3)4/h1-2,10-12H,8-9H2,3-5H3. The van der Waals surface area contributed by atoms with E-state index in [9.17, 15) is 0 Å². The summed E-state index contributed by atoms with van der Waals surface area (Å²) >= 11 is 0. The molecule has 0 amide bonds. The Morgan fingerprint density at radius 1 is 1.00 bits per heavy atom. The second-order valence-electron chi connectivity index (χ2n) is 3.66. The first-order valence-corrected chi connectivity index (χ1v) is 4.54. The molecule has 0 aromatic heterocycles. The third kappa shape index (κ3) is 4.09. The lowest BCUT2D eigenvalue weighted by Crippen LogP contribution is -2.07. The Hall–Kier alpha value is -0.880. The molecule has 12 heavy (non-hydrogen) atoms. The highest BCUT2D eigenvalue weighted by atomic mass is 14.1. The van der Waals surface area contributed by atoms with Crippen LogP contribution < -0.4 is 0 Å². The van der Waals surface area contributed by atoms with Gasteiger partial charge in [-0.05, 0) is 18.8 Å². The molecule has 2 unspecified atom stereocenters. The van der Waals surface area contributed by atoms with Gasteiger partial charge in [0, 0.05) is 11.8 Å². The van der Waals surface area contributed by atoms with Gasteiger partial charge >= 0.3 is 0 Å². The van der Waals surface area contributed by atoms with E-state index < -0.39 is 0 Å².